The van der Waals surface area contributed by atoms with Crippen LogP contribution in [-0.2, 0) is 4.79 Å². The fourth-order valence-corrected chi connectivity index (χ4v) is 9.48. The second kappa shape index (κ2) is 11.0. The summed E-state index contributed by atoms with van der Waals surface area (Å²) in [5, 5.41) is 4.47. The number of benzene rings is 1. The fraction of sp³-hybridized carbons (Fsp3) is 0.686. The zero-order valence-electron chi connectivity index (χ0n) is 25.2. The van der Waals surface area contributed by atoms with E-state index in [0.717, 1.165) is 47.4 Å². The first-order chi connectivity index (χ1) is 18.5. The lowest BCUT2D eigenvalue weighted by Crippen LogP contribution is -2.53. The average molecular weight is 531 g/mol. The van der Waals surface area contributed by atoms with Crippen LogP contribution in [0.3, 0.4) is 0 Å². The van der Waals surface area contributed by atoms with Crippen molar-refractivity contribution < 1.29 is 9.59 Å². The number of hydrazone groups is 1. The van der Waals surface area contributed by atoms with Crippen molar-refractivity contribution in [1.29, 1.82) is 0 Å². The number of hydrogen-bond donors (Lipinski definition) is 1. The van der Waals surface area contributed by atoms with Gasteiger partial charge in [0.1, 0.15) is 0 Å². The Bertz CT molecular complexity index is 1160. The van der Waals surface area contributed by atoms with Gasteiger partial charge in [-0.15, -0.1) is 0 Å². The fourth-order valence-electron chi connectivity index (χ4n) is 9.48. The molecule has 4 aliphatic carbocycles. The van der Waals surface area contributed by atoms with Crippen molar-refractivity contribution >= 4 is 17.4 Å². The third kappa shape index (κ3) is 5.30. The highest BCUT2D eigenvalue weighted by molar-refractivity contribution is 6.08. The highest BCUT2D eigenvalue weighted by atomic mass is 16.2. The Hall–Kier alpha value is -2.23. The summed E-state index contributed by atoms with van der Waals surface area (Å²) in [6.45, 7) is 14.1. The molecule has 1 amide bonds. The van der Waals surface area contributed by atoms with E-state index in [1.54, 1.807) is 6.07 Å². The molecule has 0 aliphatic heterocycles. The van der Waals surface area contributed by atoms with E-state index in [2.05, 4.69) is 45.1 Å². The number of rotatable bonds is 7. The zero-order chi connectivity index (χ0) is 27.9. The van der Waals surface area contributed by atoms with Gasteiger partial charge in [-0.05, 0) is 110 Å². The van der Waals surface area contributed by atoms with Gasteiger partial charge in [-0.1, -0.05) is 71.6 Å². The quantitative estimate of drug-likeness (QED) is 0.360. The van der Waals surface area contributed by atoms with Crippen LogP contribution in [0.5, 0.6) is 0 Å². The topological polar surface area (TPSA) is 58.5 Å². The summed E-state index contributed by atoms with van der Waals surface area (Å²) in [4.78, 5) is 26.4. The number of ketones is 1. The molecule has 0 unspecified atom stereocenters. The molecule has 0 bridgehead atoms. The summed E-state index contributed by atoms with van der Waals surface area (Å²) in [6.07, 6.45) is 13.7. The van der Waals surface area contributed by atoms with Crippen molar-refractivity contribution in [3.63, 3.8) is 0 Å². The normalized spacial score (nSPS) is 35.7. The minimum Gasteiger partial charge on any atom is -0.295 e. The summed E-state index contributed by atoms with van der Waals surface area (Å²) >= 11 is 0. The Morgan fingerprint density at radius 3 is 2.62 bits per heavy atom. The van der Waals surface area contributed by atoms with E-state index in [1.165, 1.54) is 44.9 Å². The molecule has 4 nitrogen and oxygen atoms in total. The van der Waals surface area contributed by atoms with Gasteiger partial charge in [-0.2, -0.15) is 5.10 Å². The summed E-state index contributed by atoms with van der Waals surface area (Å²) < 4.78 is 0. The number of nitrogens with one attached hydrogen (secondary N) is 1. The zero-order valence-corrected chi connectivity index (χ0v) is 25.2. The van der Waals surface area contributed by atoms with Crippen molar-refractivity contribution in [2.24, 2.45) is 51.4 Å². The lowest BCUT2D eigenvalue weighted by Gasteiger charge is -2.58. The molecule has 212 valence electrons. The lowest BCUT2D eigenvalue weighted by atomic mass is 9.46. The first kappa shape index (κ1) is 28.3. The molecule has 3 fully saturated rings. The highest BCUT2D eigenvalue weighted by Gasteiger charge is 2.60. The number of allylic oxidation sites excluding steroid dienone is 2. The van der Waals surface area contributed by atoms with E-state index in [-0.39, 0.29) is 11.3 Å². The number of amides is 1. The molecule has 0 saturated heterocycles. The van der Waals surface area contributed by atoms with Gasteiger partial charge >= 0.3 is 0 Å². The third-order valence-corrected chi connectivity index (χ3v) is 11.6. The van der Waals surface area contributed by atoms with Gasteiger partial charge in [0, 0.05) is 17.6 Å². The van der Waals surface area contributed by atoms with Crippen molar-refractivity contribution in [1.82, 2.24) is 5.43 Å². The molecule has 5 rings (SSSR count). The van der Waals surface area contributed by atoms with E-state index < -0.39 is 0 Å². The predicted octanol–water partition coefficient (Wildman–Crippen LogP) is 8.30. The molecule has 1 aromatic carbocycles. The van der Waals surface area contributed by atoms with E-state index >= 15 is 0 Å². The molecule has 0 spiro atoms. The van der Waals surface area contributed by atoms with Crippen molar-refractivity contribution in [3.8, 4) is 0 Å². The maximum atomic E-state index is 13.7. The molecular formula is C35H50N2O2. The molecule has 1 N–H and O–H groups in total. The molecule has 4 aliphatic rings. The smallest absolute Gasteiger partial charge is 0.271 e. The Kier molecular flexibility index (Phi) is 7.97. The SMILES string of the molecule is Cc1cccc(C(=O)N/N=C2/C=C3C(=O)C[C@H]4[C@@H]5CC[C@H]([C@H](C)CCCC(C)C)[C@@]5(C)CC[C@@H]4[C@@]3(C)CC2)c1. The Morgan fingerprint density at radius 2 is 1.87 bits per heavy atom. The van der Waals surface area contributed by atoms with Crippen LogP contribution in [-0.4, -0.2) is 17.4 Å². The third-order valence-electron chi connectivity index (χ3n) is 11.6. The van der Waals surface area contributed by atoms with Gasteiger partial charge in [-0.25, -0.2) is 5.43 Å². The molecule has 1 aromatic rings. The van der Waals surface area contributed by atoms with E-state index in [0.29, 0.717) is 40.9 Å². The number of carbonyl (C=O) groups excluding carboxylic acids is 2. The molecule has 7 atom stereocenters. The van der Waals surface area contributed by atoms with E-state index in [4.69, 9.17) is 0 Å². The van der Waals surface area contributed by atoms with E-state index in [9.17, 15) is 9.59 Å². The van der Waals surface area contributed by atoms with Crippen LogP contribution in [0, 0.1) is 53.3 Å². The number of hydrogen-bond acceptors (Lipinski definition) is 3. The number of Topliss-reactive ketones (excluding diaryl/α,β-unsaturated/α-hetero) is 1. The predicted molar refractivity (Wildman–Crippen MR) is 160 cm³/mol. The van der Waals surface area contributed by atoms with Crippen molar-refractivity contribution in [2.45, 2.75) is 106 Å². The van der Waals surface area contributed by atoms with Crippen LogP contribution in [0.4, 0.5) is 0 Å². The maximum Gasteiger partial charge on any atom is 0.271 e. The Morgan fingerprint density at radius 1 is 1.08 bits per heavy atom. The van der Waals surface area contributed by atoms with Crippen molar-refractivity contribution in [2.75, 3.05) is 0 Å². The number of fused-ring (bicyclic) bond motifs is 5. The van der Waals surface area contributed by atoms with Crippen LogP contribution in [0.1, 0.15) is 115 Å². The molecule has 39 heavy (non-hydrogen) atoms. The standard InChI is InChI=1S/C35H50N2O2/c1-22(2)9-7-11-24(4)28-13-14-29-27-21-32(38)31-20-26(36-37-33(39)25-12-8-10-23(3)19-25)15-17-35(31,6)30(27)16-18-34(28,29)5/h8,10,12,19-20,22,24,27-30H,7,9,11,13-18,21H2,1-6H3,(H,37,39)/b36-26+/t24-,27+,28-,29+,30+,34-,35-/m1/s1. The molecule has 0 radical (unpaired) electrons. The molecular weight excluding hydrogens is 480 g/mol. The minimum atomic E-state index is -0.200. The van der Waals surface area contributed by atoms with Crippen LogP contribution in [0.2, 0.25) is 0 Å². The first-order valence-corrected chi connectivity index (χ1v) is 15.7. The summed E-state index contributed by atoms with van der Waals surface area (Å²) in [5.74, 6) is 4.29. The molecule has 3 saturated carbocycles. The largest absolute Gasteiger partial charge is 0.295 e. The molecule has 0 heterocycles. The van der Waals surface area contributed by atoms with Gasteiger partial charge in [0.15, 0.2) is 5.78 Å². The summed E-state index contributed by atoms with van der Waals surface area (Å²) in [5.41, 5.74) is 6.51. The second-order valence-electron chi connectivity index (χ2n) is 14.4. The van der Waals surface area contributed by atoms with Crippen molar-refractivity contribution in [3.05, 3.63) is 47.0 Å². The van der Waals surface area contributed by atoms with Gasteiger partial charge in [0.2, 0.25) is 0 Å². The van der Waals surface area contributed by atoms with Gasteiger partial charge < -0.3 is 0 Å². The first-order valence-electron chi connectivity index (χ1n) is 15.7. The molecule has 4 heteroatoms. The monoisotopic (exact) mass is 530 g/mol. The number of aryl methyl sites for hydroxylation is 1. The number of nitrogens with zero attached hydrogens (tertiary/aromatic N) is 1. The van der Waals surface area contributed by atoms with Crippen LogP contribution in [0.15, 0.2) is 41.0 Å². The Balaban J connectivity index is 1.30. The van der Waals surface area contributed by atoms with Crippen LogP contribution < -0.4 is 5.43 Å². The van der Waals surface area contributed by atoms with Gasteiger partial charge in [0.25, 0.3) is 5.91 Å². The Labute approximate surface area is 236 Å². The average Bonchev–Trinajstić information content (AvgIpc) is 3.25. The van der Waals surface area contributed by atoms with E-state index in [1.807, 2.05) is 31.2 Å². The van der Waals surface area contributed by atoms with Gasteiger partial charge in [-0.3, -0.25) is 9.59 Å². The van der Waals surface area contributed by atoms with Gasteiger partial charge in [0.05, 0.1) is 5.71 Å². The summed E-state index contributed by atoms with van der Waals surface area (Å²) in [6, 6.07) is 7.54. The highest BCUT2D eigenvalue weighted by Crippen LogP contribution is 2.67. The summed E-state index contributed by atoms with van der Waals surface area (Å²) in [7, 11) is 0. The second-order valence-corrected chi connectivity index (χ2v) is 14.4. The lowest BCUT2D eigenvalue weighted by molar-refractivity contribution is -0.128. The van der Waals surface area contributed by atoms with Crippen LogP contribution in [0.25, 0.3) is 0 Å². The maximum absolute atomic E-state index is 13.7. The van der Waals surface area contributed by atoms with Crippen LogP contribution >= 0.6 is 0 Å². The number of carbonyl (C=O) groups is 2. The minimum absolute atomic E-state index is 0.0676. The molecule has 0 aromatic heterocycles.